The molecule has 0 aliphatic heterocycles. The Hall–Kier alpha value is -1.58. The van der Waals surface area contributed by atoms with E-state index in [0.717, 1.165) is 5.56 Å². The summed E-state index contributed by atoms with van der Waals surface area (Å²) in [5.41, 5.74) is 0.866. The number of pyridine rings is 1. The SMILES string of the molecule is CC(C)NC(=O)Cn1ccc(C(C)C)cc1=O. The molecule has 0 spiro atoms. The van der Waals surface area contributed by atoms with Crippen LogP contribution in [0.1, 0.15) is 39.2 Å². The summed E-state index contributed by atoms with van der Waals surface area (Å²) in [7, 11) is 0. The van der Waals surface area contributed by atoms with Crippen molar-refractivity contribution in [2.24, 2.45) is 0 Å². The average Bonchev–Trinajstić information content (AvgIpc) is 2.19. The van der Waals surface area contributed by atoms with Crippen LogP contribution in [0.3, 0.4) is 0 Å². The lowest BCUT2D eigenvalue weighted by Crippen LogP contribution is -2.35. The molecule has 0 atom stereocenters. The summed E-state index contributed by atoms with van der Waals surface area (Å²) in [6.45, 7) is 7.93. The largest absolute Gasteiger partial charge is 0.352 e. The van der Waals surface area contributed by atoms with E-state index in [9.17, 15) is 9.59 Å². The Morgan fingerprint density at radius 2 is 2.00 bits per heavy atom. The van der Waals surface area contributed by atoms with E-state index in [1.165, 1.54) is 4.57 Å². The molecule has 0 unspecified atom stereocenters. The molecule has 0 fully saturated rings. The summed E-state index contributed by atoms with van der Waals surface area (Å²) >= 11 is 0. The molecule has 1 aromatic rings. The average molecular weight is 236 g/mol. The first-order valence-corrected chi connectivity index (χ1v) is 5.90. The number of nitrogens with zero attached hydrogens (tertiary/aromatic N) is 1. The van der Waals surface area contributed by atoms with Crippen LogP contribution in [0, 0.1) is 0 Å². The van der Waals surface area contributed by atoms with Gasteiger partial charge in [0.1, 0.15) is 6.54 Å². The number of rotatable bonds is 4. The molecule has 0 aromatic carbocycles. The van der Waals surface area contributed by atoms with Gasteiger partial charge in [0.25, 0.3) is 5.56 Å². The Labute approximate surface area is 102 Å². The second-order valence-corrected chi connectivity index (χ2v) is 4.80. The summed E-state index contributed by atoms with van der Waals surface area (Å²) in [5, 5.41) is 2.76. The van der Waals surface area contributed by atoms with Crippen molar-refractivity contribution in [3.63, 3.8) is 0 Å². The maximum Gasteiger partial charge on any atom is 0.251 e. The van der Waals surface area contributed by atoms with Crippen molar-refractivity contribution in [1.29, 1.82) is 0 Å². The van der Waals surface area contributed by atoms with Gasteiger partial charge < -0.3 is 9.88 Å². The molecular weight excluding hydrogens is 216 g/mol. The zero-order valence-corrected chi connectivity index (χ0v) is 10.9. The van der Waals surface area contributed by atoms with Crippen LogP contribution in [0.25, 0.3) is 0 Å². The third-order valence-electron chi connectivity index (χ3n) is 2.45. The van der Waals surface area contributed by atoms with E-state index < -0.39 is 0 Å². The summed E-state index contributed by atoms with van der Waals surface area (Å²) in [5.74, 6) is 0.182. The van der Waals surface area contributed by atoms with Crippen LogP contribution < -0.4 is 10.9 Å². The van der Waals surface area contributed by atoms with Crippen LogP contribution in [0.4, 0.5) is 0 Å². The fraction of sp³-hybridized carbons (Fsp3) is 0.538. The number of carbonyl (C=O) groups is 1. The van der Waals surface area contributed by atoms with E-state index in [1.807, 2.05) is 33.8 Å². The molecule has 94 valence electrons. The van der Waals surface area contributed by atoms with E-state index in [-0.39, 0.29) is 24.1 Å². The highest BCUT2D eigenvalue weighted by atomic mass is 16.2. The van der Waals surface area contributed by atoms with Crippen molar-refractivity contribution in [1.82, 2.24) is 9.88 Å². The lowest BCUT2D eigenvalue weighted by Gasteiger charge is -2.11. The zero-order valence-electron chi connectivity index (χ0n) is 10.9. The van der Waals surface area contributed by atoms with Crippen molar-refractivity contribution in [2.75, 3.05) is 0 Å². The van der Waals surface area contributed by atoms with E-state index in [0.29, 0.717) is 5.92 Å². The highest BCUT2D eigenvalue weighted by Crippen LogP contribution is 2.10. The minimum absolute atomic E-state index is 0.0788. The smallest absolute Gasteiger partial charge is 0.251 e. The number of nitrogens with one attached hydrogen (secondary N) is 1. The van der Waals surface area contributed by atoms with Crippen LogP contribution in [0.2, 0.25) is 0 Å². The predicted octanol–water partition coefficient (Wildman–Crippen LogP) is 1.50. The van der Waals surface area contributed by atoms with E-state index in [1.54, 1.807) is 12.3 Å². The molecule has 4 nitrogen and oxygen atoms in total. The quantitative estimate of drug-likeness (QED) is 0.861. The first kappa shape index (κ1) is 13.5. The second-order valence-electron chi connectivity index (χ2n) is 4.80. The Bertz CT molecular complexity index is 447. The normalized spacial score (nSPS) is 10.9. The zero-order chi connectivity index (χ0) is 13.0. The van der Waals surface area contributed by atoms with Crippen LogP contribution in [-0.4, -0.2) is 16.5 Å². The van der Waals surface area contributed by atoms with Gasteiger partial charge in [-0.1, -0.05) is 13.8 Å². The molecule has 1 amide bonds. The number of hydrogen-bond acceptors (Lipinski definition) is 2. The minimum Gasteiger partial charge on any atom is -0.352 e. The monoisotopic (exact) mass is 236 g/mol. The highest BCUT2D eigenvalue weighted by Gasteiger charge is 2.07. The number of hydrogen-bond donors (Lipinski definition) is 1. The van der Waals surface area contributed by atoms with Gasteiger partial charge in [0.05, 0.1) is 0 Å². The van der Waals surface area contributed by atoms with Gasteiger partial charge in [-0.2, -0.15) is 0 Å². The molecule has 0 radical (unpaired) electrons. The van der Waals surface area contributed by atoms with Gasteiger partial charge in [-0.15, -0.1) is 0 Å². The fourth-order valence-electron chi connectivity index (χ4n) is 1.54. The molecule has 1 rings (SSSR count). The molecule has 0 saturated heterocycles. The van der Waals surface area contributed by atoms with E-state index in [4.69, 9.17) is 0 Å². The Morgan fingerprint density at radius 1 is 1.35 bits per heavy atom. The molecule has 0 bridgehead atoms. The summed E-state index contributed by atoms with van der Waals surface area (Å²) in [4.78, 5) is 23.3. The minimum atomic E-state index is -0.139. The maximum absolute atomic E-state index is 11.7. The number of carbonyl (C=O) groups excluding carboxylic acids is 1. The number of aromatic nitrogens is 1. The van der Waals surface area contributed by atoms with Crippen molar-refractivity contribution < 1.29 is 4.79 Å². The Balaban J connectivity index is 2.80. The van der Waals surface area contributed by atoms with Crippen LogP contribution >= 0.6 is 0 Å². The summed E-state index contributed by atoms with van der Waals surface area (Å²) < 4.78 is 1.42. The lowest BCUT2D eigenvalue weighted by atomic mass is 10.1. The fourth-order valence-corrected chi connectivity index (χ4v) is 1.54. The van der Waals surface area contributed by atoms with Gasteiger partial charge in [0, 0.05) is 18.3 Å². The molecule has 0 saturated carbocycles. The topological polar surface area (TPSA) is 51.1 Å². The molecule has 17 heavy (non-hydrogen) atoms. The maximum atomic E-state index is 11.7. The molecule has 0 aliphatic carbocycles. The van der Waals surface area contributed by atoms with Gasteiger partial charge in [0.15, 0.2) is 0 Å². The van der Waals surface area contributed by atoms with Crippen molar-refractivity contribution in [2.45, 2.75) is 46.2 Å². The Morgan fingerprint density at radius 3 is 2.47 bits per heavy atom. The Kier molecular flexibility index (Phi) is 4.49. The molecule has 0 aliphatic rings. The molecular formula is C13H20N2O2. The molecule has 1 N–H and O–H groups in total. The summed E-state index contributed by atoms with van der Waals surface area (Å²) in [6, 6.07) is 3.57. The third-order valence-corrected chi connectivity index (χ3v) is 2.45. The predicted molar refractivity (Wildman–Crippen MR) is 68.1 cm³/mol. The first-order valence-electron chi connectivity index (χ1n) is 5.90. The van der Waals surface area contributed by atoms with Gasteiger partial charge in [-0.25, -0.2) is 0 Å². The summed E-state index contributed by atoms with van der Waals surface area (Å²) in [6.07, 6.45) is 1.68. The lowest BCUT2D eigenvalue weighted by molar-refractivity contribution is -0.122. The van der Waals surface area contributed by atoms with Gasteiger partial charge >= 0.3 is 0 Å². The van der Waals surface area contributed by atoms with Crippen molar-refractivity contribution in [3.05, 3.63) is 34.2 Å². The standard InChI is InChI=1S/C13H20N2O2/c1-9(2)11-5-6-15(13(17)7-11)8-12(16)14-10(3)4/h5-7,9-10H,8H2,1-4H3,(H,14,16). The van der Waals surface area contributed by atoms with E-state index >= 15 is 0 Å². The van der Waals surface area contributed by atoms with Crippen LogP contribution in [0.15, 0.2) is 23.1 Å². The third kappa shape index (κ3) is 4.06. The van der Waals surface area contributed by atoms with Crippen molar-refractivity contribution in [3.8, 4) is 0 Å². The molecule has 4 heteroatoms. The first-order chi connectivity index (χ1) is 7.90. The van der Waals surface area contributed by atoms with Crippen LogP contribution in [-0.2, 0) is 11.3 Å². The van der Waals surface area contributed by atoms with Crippen LogP contribution in [0.5, 0.6) is 0 Å². The highest BCUT2D eigenvalue weighted by molar-refractivity contribution is 5.75. The van der Waals surface area contributed by atoms with Gasteiger partial charge in [0.2, 0.25) is 5.91 Å². The van der Waals surface area contributed by atoms with E-state index in [2.05, 4.69) is 5.32 Å². The van der Waals surface area contributed by atoms with Crippen molar-refractivity contribution >= 4 is 5.91 Å². The van der Waals surface area contributed by atoms with Gasteiger partial charge in [-0.05, 0) is 31.4 Å². The molecule has 1 heterocycles. The second kappa shape index (κ2) is 5.66. The molecule has 1 aromatic heterocycles. The van der Waals surface area contributed by atoms with Gasteiger partial charge in [-0.3, -0.25) is 9.59 Å². The number of amides is 1.